The molecule has 0 aliphatic carbocycles. The van der Waals surface area contributed by atoms with Crippen LogP contribution in [0.1, 0.15) is 106 Å². The van der Waals surface area contributed by atoms with Crippen molar-refractivity contribution in [2.24, 2.45) is 11.8 Å². The van der Waals surface area contributed by atoms with Gasteiger partial charge in [-0.3, -0.25) is 0 Å². The third-order valence-electron chi connectivity index (χ3n) is 5.10. The molecule has 0 N–H and O–H groups in total. The lowest BCUT2D eigenvalue weighted by atomic mass is 9.84. The number of unbranched alkanes of at least 4 members (excludes halogenated alkanes) is 2. The average Bonchev–Trinajstić information content (AvgIpc) is 2.55. The molecule has 0 heterocycles. The maximum absolute atomic E-state index is 6.27. The van der Waals surface area contributed by atoms with Crippen molar-refractivity contribution in [2.45, 2.75) is 112 Å². The van der Waals surface area contributed by atoms with E-state index in [1.165, 1.54) is 51.4 Å². The molecular weight excluding hydrogens is 284 g/mol. The first-order valence-electron chi connectivity index (χ1n) is 10.4. The van der Waals surface area contributed by atoms with E-state index in [9.17, 15) is 0 Å². The minimum absolute atomic E-state index is 0.355. The van der Waals surface area contributed by atoms with Crippen LogP contribution >= 0.6 is 0 Å². The Bertz CT molecular complexity index is 226. The van der Waals surface area contributed by atoms with Crippen LogP contribution in [0.25, 0.3) is 0 Å². The molecule has 0 saturated carbocycles. The molecule has 23 heavy (non-hydrogen) atoms. The van der Waals surface area contributed by atoms with Crippen LogP contribution in [0.15, 0.2) is 0 Å². The summed E-state index contributed by atoms with van der Waals surface area (Å²) in [6.45, 7) is 14.9. The summed E-state index contributed by atoms with van der Waals surface area (Å²) in [6.07, 6.45) is 12.4. The van der Waals surface area contributed by atoms with Gasteiger partial charge < -0.3 is 9.47 Å². The highest BCUT2D eigenvalue weighted by molar-refractivity contribution is 4.79. The molecule has 2 unspecified atom stereocenters. The van der Waals surface area contributed by atoms with Gasteiger partial charge in [-0.25, -0.2) is 0 Å². The Balaban J connectivity index is 5.01. The Morgan fingerprint density at radius 3 is 1.30 bits per heavy atom. The van der Waals surface area contributed by atoms with Crippen molar-refractivity contribution < 1.29 is 9.47 Å². The third kappa shape index (κ3) is 9.72. The lowest BCUT2D eigenvalue weighted by Gasteiger charge is -2.38. The van der Waals surface area contributed by atoms with Gasteiger partial charge in [0.2, 0.25) is 0 Å². The van der Waals surface area contributed by atoms with E-state index < -0.39 is 0 Å². The van der Waals surface area contributed by atoms with Crippen LogP contribution in [-0.4, -0.2) is 19.0 Å². The molecule has 0 bridgehead atoms. The molecule has 0 rings (SSSR count). The summed E-state index contributed by atoms with van der Waals surface area (Å²) in [5.41, 5.74) is 0. The monoisotopic (exact) mass is 328 g/mol. The van der Waals surface area contributed by atoms with E-state index >= 15 is 0 Å². The molecule has 0 radical (unpaired) electrons. The summed E-state index contributed by atoms with van der Waals surface area (Å²) >= 11 is 0. The number of hydrogen-bond acceptors (Lipinski definition) is 2. The predicted octanol–water partition coefficient (Wildman–Crippen LogP) is 6.97. The highest BCUT2D eigenvalue weighted by Gasteiger charge is 2.36. The summed E-state index contributed by atoms with van der Waals surface area (Å²) in [7, 11) is 0. The number of hydrogen-bond donors (Lipinski definition) is 0. The summed E-state index contributed by atoms with van der Waals surface area (Å²) in [6, 6.07) is 0. The van der Waals surface area contributed by atoms with Crippen molar-refractivity contribution in [3.05, 3.63) is 0 Å². The minimum Gasteiger partial charge on any atom is -0.350 e. The molecule has 0 aromatic heterocycles. The summed E-state index contributed by atoms with van der Waals surface area (Å²) in [5.74, 6) is 1.08. The molecule has 2 nitrogen and oxygen atoms in total. The van der Waals surface area contributed by atoms with E-state index in [0.717, 1.165) is 37.9 Å². The second-order valence-corrected chi connectivity index (χ2v) is 7.02. The highest BCUT2D eigenvalue weighted by atomic mass is 16.7. The van der Waals surface area contributed by atoms with Crippen LogP contribution in [0.3, 0.4) is 0 Å². The molecule has 0 aliphatic heterocycles. The average molecular weight is 329 g/mol. The summed E-state index contributed by atoms with van der Waals surface area (Å²) < 4.78 is 12.5. The van der Waals surface area contributed by atoms with Gasteiger partial charge in [-0.15, -0.1) is 0 Å². The maximum Gasteiger partial charge on any atom is 0.168 e. The van der Waals surface area contributed by atoms with E-state index in [2.05, 4.69) is 41.5 Å². The first-order chi connectivity index (χ1) is 11.1. The third-order valence-corrected chi connectivity index (χ3v) is 5.10. The molecule has 0 saturated heterocycles. The zero-order chi connectivity index (χ0) is 17.6. The molecule has 140 valence electrons. The first-order valence-corrected chi connectivity index (χ1v) is 10.4. The van der Waals surface area contributed by atoms with Crippen molar-refractivity contribution in [1.29, 1.82) is 0 Å². The fraction of sp³-hybridized carbons (Fsp3) is 1.00. The Labute approximate surface area is 146 Å². The van der Waals surface area contributed by atoms with Gasteiger partial charge in [0.25, 0.3) is 0 Å². The first kappa shape index (κ1) is 22.9. The van der Waals surface area contributed by atoms with E-state index in [1.54, 1.807) is 0 Å². The van der Waals surface area contributed by atoms with E-state index in [4.69, 9.17) is 9.47 Å². The molecule has 0 spiro atoms. The molecule has 0 fully saturated rings. The van der Waals surface area contributed by atoms with Crippen molar-refractivity contribution in [2.75, 3.05) is 13.2 Å². The van der Waals surface area contributed by atoms with Crippen LogP contribution in [-0.2, 0) is 9.47 Å². The van der Waals surface area contributed by atoms with Gasteiger partial charge in [0.1, 0.15) is 0 Å². The van der Waals surface area contributed by atoms with Gasteiger partial charge in [0.15, 0.2) is 5.79 Å². The summed E-state index contributed by atoms with van der Waals surface area (Å²) in [5, 5.41) is 0. The van der Waals surface area contributed by atoms with Crippen LogP contribution in [0.4, 0.5) is 0 Å². The lowest BCUT2D eigenvalue weighted by Crippen LogP contribution is -2.40. The largest absolute Gasteiger partial charge is 0.350 e. The lowest BCUT2D eigenvalue weighted by molar-refractivity contribution is -0.253. The molecule has 0 aromatic carbocycles. The van der Waals surface area contributed by atoms with Crippen LogP contribution in [0, 0.1) is 11.8 Å². The Morgan fingerprint density at radius 1 is 0.652 bits per heavy atom. The van der Waals surface area contributed by atoms with Crippen molar-refractivity contribution in [3.8, 4) is 0 Å². The van der Waals surface area contributed by atoms with Crippen molar-refractivity contribution in [3.63, 3.8) is 0 Å². The maximum atomic E-state index is 6.27. The van der Waals surface area contributed by atoms with Crippen LogP contribution in [0.2, 0.25) is 0 Å². The Hall–Kier alpha value is -0.0800. The normalized spacial score (nSPS) is 14.9. The molecule has 2 heteroatoms. The van der Waals surface area contributed by atoms with Gasteiger partial charge in [-0.2, -0.15) is 0 Å². The Morgan fingerprint density at radius 2 is 1.04 bits per heavy atom. The van der Waals surface area contributed by atoms with Gasteiger partial charge >= 0.3 is 0 Å². The second-order valence-electron chi connectivity index (χ2n) is 7.02. The second kappa shape index (κ2) is 14.3. The summed E-state index contributed by atoms with van der Waals surface area (Å²) in [4.78, 5) is 0. The fourth-order valence-corrected chi connectivity index (χ4v) is 3.65. The highest BCUT2D eigenvalue weighted by Crippen LogP contribution is 2.36. The van der Waals surface area contributed by atoms with Crippen molar-refractivity contribution >= 4 is 0 Å². The predicted molar refractivity (Wildman–Crippen MR) is 102 cm³/mol. The van der Waals surface area contributed by atoms with Gasteiger partial charge in [-0.1, -0.05) is 79.1 Å². The van der Waals surface area contributed by atoms with E-state index in [-0.39, 0.29) is 5.79 Å². The van der Waals surface area contributed by atoms with Crippen LogP contribution < -0.4 is 0 Å². The smallest absolute Gasteiger partial charge is 0.168 e. The van der Waals surface area contributed by atoms with Gasteiger partial charge in [-0.05, 0) is 25.7 Å². The molecule has 0 amide bonds. The van der Waals surface area contributed by atoms with Crippen molar-refractivity contribution in [1.82, 2.24) is 0 Å². The molecule has 0 aliphatic rings. The number of ether oxygens (including phenoxy) is 2. The molecule has 0 aromatic rings. The fourth-order valence-electron chi connectivity index (χ4n) is 3.65. The van der Waals surface area contributed by atoms with Gasteiger partial charge in [0.05, 0.1) is 0 Å². The van der Waals surface area contributed by atoms with Gasteiger partial charge in [0, 0.05) is 26.1 Å². The minimum atomic E-state index is -0.355. The SMILES string of the molecule is CCCCC(CC)CC(CC(CC)CCCC)(OCC)OCC. The molecular formula is C21H44O2. The quantitative estimate of drug-likeness (QED) is 0.285. The van der Waals surface area contributed by atoms with E-state index in [0.29, 0.717) is 0 Å². The zero-order valence-electron chi connectivity index (χ0n) is 17.0. The standard InChI is InChI=1S/C21H44O2/c1-7-13-15-19(9-3)17-21(22-11-5,23-12-6)18-20(10-4)16-14-8-2/h19-20H,7-18H2,1-6H3. The van der Waals surface area contributed by atoms with Crippen LogP contribution in [0.5, 0.6) is 0 Å². The number of rotatable bonds is 16. The van der Waals surface area contributed by atoms with E-state index in [1.807, 2.05) is 0 Å². The topological polar surface area (TPSA) is 18.5 Å². The molecule has 2 atom stereocenters. The zero-order valence-corrected chi connectivity index (χ0v) is 17.0. The Kier molecular flexibility index (Phi) is 14.2.